The van der Waals surface area contributed by atoms with Crippen molar-refractivity contribution >= 4 is 40.4 Å². The molecule has 2 aliphatic rings. The van der Waals surface area contributed by atoms with Crippen LogP contribution >= 0.6 is 23.3 Å². The maximum absolute atomic E-state index is 15.9. The number of thiazole rings is 1. The Kier molecular flexibility index (Phi) is 8.17. The number of nitrogens with one attached hydrogen (secondary N) is 2. The van der Waals surface area contributed by atoms with Crippen LogP contribution in [0.3, 0.4) is 0 Å². The van der Waals surface area contributed by atoms with Crippen molar-refractivity contribution in [3.8, 4) is 11.3 Å². The van der Waals surface area contributed by atoms with Gasteiger partial charge in [-0.05, 0) is 67.1 Å². The Morgan fingerprint density at radius 3 is 2.81 bits per heavy atom. The van der Waals surface area contributed by atoms with Crippen LogP contribution in [-0.4, -0.2) is 37.6 Å². The van der Waals surface area contributed by atoms with Crippen molar-refractivity contribution < 1.29 is 17.9 Å². The lowest BCUT2D eigenvalue weighted by atomic mass is 10.0. The molecule has 0 aliphatic carbocycles. The van der Waals surface area contributed by atoms with E-state index in [-0.39, 0.29) is 16.5 Å². The number of benzene rings is 2. The highest BCUT2D eigenvalue weighted by atomic mass is 32.2. The van der Waals surface area contributed by atoms with Gasteiger partial charge in [0.1, 0.15) is 11.6 Å². The Hall–Kier alpha value is -2.82. The molecule has 3 heterocycles. The summed E-state index contributed by atoms with van der Waals surface area (Å²) >= 11 is 2.46. The number of hydrogen-bond donors (Lipinski definition) is 2. The van der Waals surface area contributed by atoms with Crippen molar-refractivity contribution in [2.75, 3.05) is 31.5 Å². The molecule has 0 saturated carbocycles. The summed E-state index contributed by atoms with van der Waals surface area (Å²) in [5.41, 5.74) is 2.27. The van der Waals surface area contributed by atoms with Gasteiger partial charge in [0.2, 0.25) is 0 Å². The standard InChI is InChI=1S/C27H27F3N4OS2/c1-31-23-8-5-16(9-12-32-23)26-25(33-27(36-26)17-10-13-35-14-11-17)19-3-2-4-21(24(19)30)34-37-22-15-18(28)6-7-20(22)29/h2-7,15,17,34H,8-14H2,1H3,(H,31,32). The highest BCUT2D eigenvalue weighted by molar-refractivity contribution is 8.00. The SMILES string of the molecule is CN=C1CC=C(c2sc(C3CCOCC3)nc2-c2cccc(NSc3cc(F)ccc3F)c2F)CCN1. The molecular formula is C27H27F3N4OS2. The van der Waals surface area contributed by atoms with Gasteiger partial charge >= 0.3 is 0 Å². The van der Waals surface area contributed by atoms with Crippen LogP contribution in [0.4, 0.5) is 18.9 Å². The van der Waals surface area contributed by atoms with Crippen LogP contribution in [0.1, 0.15) is 41.5 Å². The fourth-order valence-electron chi connectivity index (χ4n) is 4.43. The summed E-state index contributed by atoms with van der Waals surface area (Å²) in [4.78, 5) is 10.3. The molecule has 5 rings (SSSR count). The van der Waals surface area contributed by atoms with Gasteiger partial charge < -0.3 is 14.8 Å². The predicted molar refractivity (Wildman–Crippen MR) is 145 cm³/mol. The minimum atomic E-state index is -0.581. The average molecular weight is 545 g/mol. The Balaban J connectivity index is 1.51. The van der Waals surface area contributed by atoms with Crippen LogP contribution in [-0.2, 0) is 4.74 Å². The summed E-state index contributed by atoms with van der Waals surface area (Å²) in [6, 6.07) is 8.21. The molecular weight excluding hydrogens is 517 g/mol. The van der Waals surface area contributed by atoms with Crippen LogP contribution in [0.25, 0.3) is 16.8 Å². The lowest BCUT2D eigenvalue weighted by Crippen LogP contribution is -2.22. The molecule has 2 aliphatic heterocycles. The zero-order valence-corrected chi connectivity index (χ0v) is 22.0. The number of rotatable bonds is 6. The Morgan fingerprint density at radius 2 is 2.00 bits per heavy atom. The van der Waals surface area contributed by atoms with E-state index in [4.69, 9.17) is 9.72 Å². The molecule has 10 heteroatoms. The second kappa shape index (κ2) is 11.7. The zero-order chi connectivity index (χ0) is 25.8. The molecule has 1 saturated heterocycles. The van der Waals surface area contributed by atoms with Gasteiger partial charge in [0, 0.05) is 44.7 Å². The highest BCUT2D eigenvalue weighted by Gasteiger charge is 2.26. The van der Waals surface area contributed by atoms with E-state index in [0.717, 1.165) is 77.2 Å². The molecule has 0 radical (unpaired) electrons. The Morgan fingerprint density at radius 1 is 1.16 bits per heavy atom. The molecule has 2 aromatic carbocycles. The summed E-state index contributed by atoms with van der Waals surface area (Å²) < 4.78 is 51.9. The second-order valence-corrected chi connectivity index (χ2v) is 10.7. The fourth-order valence-corrected chi connectivity index (χ4v) is 6.46. The maximum Gasteiger partial charge on any atom is 0.156 e. The predicted octanol–water partition coefficient (Wildman–Crippen LogP) is 7.04. The van der Waals surface area contributed by atoms with Crippen molar-refractivity contribution in [2.45, 2.75) is 36.5 Å². The van der Waals surface area contributed by atoms with Crippen molar-refractivity contribution in [3.05, 3.63) is 69.8 Å². The van der Waals surface area contributed by atoms with E-state index < -0.39 is 17.5 Å². The average Bonchev–Trinajstić information content (AvgIpc) is 3.21. The molecule has 37 heavy (non-hydrogen) atoms. The van der Waals surface area contributed by atoms with E-state index in [2.05, 4.69) is 21.1 Å². The number of halogens is 3. The van der Waals surface area contributed by atoms with E-state index in [1.54, 1.807) is 36.6 Å². The van der Waals surface area contributed by atoms with E-state index in [9.17, 15) is 8.78 Å². The first-order valence-corrected chi connectivity index (χ1v) is 13.8. The van der Waals surface area contributed by atoms with Crippen molar-refractivity contribution in [1.29, 1.82) is 0 Å². The topological polar surface area (TPSA) is 58.5 Å². The maximum atomic E-state index is 15.9. The summed E-state index contributed by atoms with van der Waals surface area (Å²) in [5, 5.41) is 4.33. The normalized spacial score (nSPS) is 17.8. The van der Waals surface area contributed by atoms with E-state index >= 15 is 4.39 Å². The van der Waals surface area contributed by atoms with E-state index in [1.807, 2.05) is 0 Å². The number of hydrogen-bond acceptors (Lipinski definition) is 6. The van der Waals surface area contributed by atoms with Crippen LogP contribution in [0.2, 0.25) is 0 Å². The largest absolute Gasteiger partial charge is 0.381 e. The molecule has 0 spiro atoms. The summed E-state index contributed by atoms with van der Waals surface area (Å²) in [5.74, 6) is -0.429. The van der Waals surface area contributed by atoms with E-state index in [0.29, 0.717) is 30.9 Å². The summed E-state index contributed by atoms with van der Waals surface area (Å²) in [7, 11) is 1.77. The number of anilines is 1. The quantitative estimate of drug-likeness (QED) is 0.326. The Bertz CT molecular complexity index is 1340. The van der Waals surface area contributed by atoms with Crippen LogP contribution in [0, 0.1) is 17.5 Å². The number of aromatic nitrogens is 1. The smallest absolute Gasteiger partial charge is 0.156 e. The molecule has 1 fully saturated rings. The van der Waals surface area contributed by atoms with E-state index in [1.165, 1.54) is 0 Å². The third kappa shape index (κ3) is 5.86. The summed E-state index contributed by atoms with van der Waals surface area (Å²) in [6.07, 6.45) is 5.38. The summed E-state index contributed by atoms with van der Waals surface area (Å²) in [6.45, 7) is 2.13. The minimum absolute atomic E-state index is 0.0467. The fraction of sp³-hybridized carbons (Fsp3) is 0.333. The molecule has 5 nitrogen and oxygen atoms in total. The molecule has 2 N–H and O–H groups in total. The first kappa shape index (κ1) is 25.8. The molecule has 0 unspecified atom stereocenters. The Labute approximate surface area is 222 Å². The van der Waals surface area contributed by atoms with Gasteiger partial charge in [-0.2, -0.15) is 0 Å². The van der Waals surface area contributed by atoms with Gasteiger partial charge in [-0.1, -0.05) is 12.1 Å². The molecule has 1 aromatic heterocycles. The van der Waals surface area contributed by atoms with Crippen molar-refractivity contribution in [3.63, 3.8) is 0 Å². The van der Waals surface area contributed by atoms with Crippen LogP contribution in [0.15, 0.2) is 52.4 Å². The molecule has 3 aromatic rings. The number of nitrogens with zero attached hydrogens (tertiary/aromatic N) is 2. The van der Waals surface area contributed by atoms with Gasteiger partial charge in [0.15, 0.2) is 5.82 Å². The first-order valence-electron chi connectivity index (χ1n) is 12.2. The van der Waals surface area contributed by atoms with Gasteiger partial charge in [-0.3, -0.25) is 4.99 Å². The van der Waals surface area contributed by atoms with Gasteiger partial charge in [-0.15, -0.1) is 11.3 Å². The monoisotopic (exact) mass is 544 g/mol. The van der Waals surface area contributed by atoms with Crippen LogP contribution in [0.5, 0.6) is 0 Å². The minimum Gasteiger partial charge on any atom is -0.381 e. The zero-order valence-electron chi connectivity index (χ0n) is 20.3. The van der Waals surface area contributed by atoms with Crippen molar-refractivity contribution in [2.24, 2.45) is 4.99 Å². The second-order valence-electron chi connectivity index (χ2n) is 8.84. The molecule has 194 valence electrons. The molecule has 0 amide bonds. The third-order valence-electron chi connectivity index (χ3n) is 6.46. The van der Waals surface area contributed by atoms with Gasteiger partial charge in [0.25, 0.3) is 0 Å². The van der Waals surface area contributed by atoms with Crippen molar-refractivity contribution in [1.82, 2.24) is 10.3 Å². The lowest BCUT2D eigenvalue weighted by Gasteiger charge is -2.19. The van der Waals surface area contributed by atoms with Gasteiger partial charge in [0.05, 0.1) is 32.0 Å². The van der Waals surface area contributed by atoms with Crippen LogP contribution < -0.4 is 10.0 Å². The molecule has 0 atom stereocenters. The number of amidine groups is 1. The van der Waals surface area contributed by atoms with Gasteiger partial charge in [-0.25, -0.2) is 18.2 Å². The number of aliphatic imine (C=N–C) groups is 1. The molecule has 0 bridgehead atoms. The highest BCUT2D eigenvalue weighted by Crippen LogP contribution is 2.42. The first-order chi connectivity index (χ1) is 18.0. The lowest BCUT2D eigenvalue weighted by molar-refractivity contribution is 0.0853. The third-order valence-corrected chi connectivity index (χ3v) is 8.61. The number of ether oxygens (including phenoxy) is 1.